The SMILES string of the molecule is CC/C=C\C=C(/CC)C1SC=C(C)N1C. The molecule has 1 atom stereocenters. The molecule has 2 heteroatoms. The Kier molecular flexibility index (Phi) is 5.03. The number of nitrogens with zero attached hydrogens (tertiary/aromatic N) is 1. The highest BCUT2D eigenvalue weighted by atomic mass is 32.2. The molecule has 1 unspecified atom stereocenters. The fourth-order valence-electron chi connectivity index (χ4n) is 1.56. The monoisotopic (exact) mass is 223 g/mol. The summed E-state index contributed by atoms with van der Waals surface area (Å²) in [6, 6.07) is 0. The molecular formula is C13H21NS. The molecule has 0 N–H and O–H groups in total. The molecule has 0 fully saturated rings. The third-order valence-electron chi connectivity index (χ3n) is 2.68. The van der Waals surface area contributed by atoms with E-state index < -0.39 is 0 Å². The molecule has 0 bridgehead atoms. The standard InChI is InChI=1S/C13H21NS/c1-5-7-8-9-12(6-2)13-14(4)11(3)10-15-13/h7-10,13H,5-6H2,1-4H3/b8-7-,12-9+. The highest BCUT2D eigenvalue weighted by Crippen LogP contribution is 2.34. The average molecular weight is 223 g/mol. The zero-order chi connectivity index (χ0) is 11.3. The van der Waals surface area contributed by atoms with Crippen LogP contribution in [0.15, 0.2) is 34.9 Å². The summed E-state index contributed by atoms with van der Waals surface area (Å²) in [7, 11) is 2.17. The molecule has 0 saturated carbocycles. The smallest absolute Gasteiger partial charge is 0.100 e. The van der Waals surface area contributed by atoms with E-state index in [0.717, 1.165) is 12.8 Å². The summed E-state index contributed by atoms with van der Waals surface area (Å²) in [5.74, 6) is 0. The first-order valence-electron chi connectivity index (χ1n) is 5.61. The van der Waals surface area contributed by atoms with Crippen LogP contribution < -0.4 is 0 Å². The first-order valence-corrected chi connectivity index (χ1v) is 6.55. The van der Waals surface area contributed by atoms with Crippen molar-refractivity contribution in [1.82, 2.24) is 4.90 Å². The molecule has 0 spiro atoms. The largest absolute Gasteiger partial charge is 0.362 e. The molecule has 0 aromatic carbocycles. The van der Waals surface area contributed by atoms with Crippen molar-refractivity contribution in [1.29, 1.82) is 0 Å². The van der Waals surface area contributed by atoms with Crippen molar-refractivity contribution in [3.05, 3.63) is 34.9 Å². The second kappa shape index (κ2) is 6.06. The van der Waals surface area contributed by atoms with Gasteiger partial charge in [-0.2, -0.15) is 0 Å². The number of rotatable bonds is 4. The van der Waals surface area contributed by atoms with Gasteiger partial charge in [0, 0.05) is 12.7 Å². The number of likely N-dealkylation sites (N-methyl/N-ethyl adjacent to an activating group) is 1. The highest BCUT2D eigenvalue weighted by molar-refractivity contribution is 8.03. The van der Waals surface area contributed by atoms with E-state index >= 15 is 0 Å². The zero-order valence-electron chi connectivity index (χ0n) is 10.2. The van der Waals surface area contributed by atoms with Gasteiger partial charge in [0.05, 0.1) is 0 Å². The normalized spacial score (nSPS) is 22.7. The molecule has 1 heterocycles. The predicted octanol–water partition coefficient (Wildman–Crippen LogP) is 4.16. The Balaban J connectivity index is 2.68. The van der Waals surface area contributed by atoms with Crippen LogP contribution in [0.25, 0.3) is 0 Å². The molecule has 15 heavy (non-hydrogen) atoms. The van der Waals surface area contributed by atoms with Gasteiger partial charge in [-0.1, -0.05) is 32.1 Å². The third-order valence-corrected chi connectivity index (χ3v) is 4.04. The van der Waals surface area contributed by atoms with Crippen LogP contribution in [0.4, 0.5) is 0 Å². The summed E-state index contributed by atoms with van der Waals surface area (Å²) < 4.78 is 0. The first kappa shape index (κ1) is 12.4. The Morgan fingerprint density at radius 3 is 2.73 bits per heavy atom. The molecule has 0 aromatic heterocycles. The minimum Gasteiger partial charge on any atom is -0.362 e. The summed E-state index contributed by atoms with van der Waals surface area (Å²) in [4.78, 5) is 2.35. The van der Waals surface area contributed by atoms with Crippen LogP contribution in [0.5, 0.6) is 0 Å². The molecule has 1 rings (SSSR count). The van der Waals surface area contributed by atoms with Gasteiger partial charge >= 0.3 is 0 Å². The lowest BCUT2D eigenvalue weighted by Gasteiger charge is -2.24. The fourth-order valence-corrected chi connectivity index (χ4v) is 2.82. The Morgan fingerprint density at radius 2 is 2.27 bits per heavy atom. The summed E-state index contributed by atoms with van der Waals surface area (Å²) in [5, 5.41) is 2.76. The van der Waals surface area contributed by atoms with Gasteiger partial charge in [-0.05, 0) is 30.7 Å². The van der Waals surface area contributed by atoms with Gasteiger partial charge < -0.3 is 4.90 Å². The van der Waals surface area contributed by atoms with E-state index in [0.29, 0.717) is 5.37 Å². The molecule has 1 nitrogen and oxygen atoms in total. The average Bonchev–Trinajstić information content (AvgIpc) is 2.56. The summed E-state index contributed by atoms with van der Waals surface area (Å²) in [6.07, 6.45) is 8.89. The summed E-state index contributed by atoms with van der Waals surface area (Å²) in [5.41, 5.74) is 2.86. The maximum absolute atomic E-state index is 2.35. The number of hydrogen-bond donors (Lipinski definition) is 0. The Labute approximate surface area is 97.9 Å². The van der Waals surface area contributed by atoms with Gasteiger partial charge in [-0.25, -0.2) is 0 Å². The van der Waals surface area contributed by atoms with Gasteiger partial charge in [0.1, 0.15) is 5.37 Å². The van der Waals surface area contributed by atoms with Crippen LogP contribution >= 0.6 is 11.8 Å². The van der Waals surface area contributed by atoms with E-state index in [-0.39, 0.29) is 0 Å². The van der Waals surface area contributed by atoms with Crippen molar-refractivity contribution in [2.24, 2.45) is 0 Å². The molecule has 0 radical (unpaired) electrons. The molecule has 0 aliphatic carbocycles. The van der Waals surface area contributed by atoms with Crippen molar-refractivity contribution < 1.29 is 0 Å². The van der Waals surface area contributed by atoms with Crippen LogP contribution in [0, 0.1) is 0 Å². The lowest BCUT2D eigenvalue weighted by atomic mass is 10.1. The van der Waals surface area contributed by atoms with Crippen molar-refractivity contribution in [3.63, 3.8) is 0 Å². The zero-order valence-corrected chi connectivity index (χ0v) is 11.0. The lowest BCUT2D eigenvalue weighted by molar-refractivity contribution is 0.431. The van der Waals surface area contributed by atoms with Crippen molar-refractivity contribution in [2.45, 2.75) is 39.0 Å². The maximum atomic E-state index is 2.35. The molecular weight excluding hydrogens is 202 g/mol. The van der Waals surface area contributed by atoms with E-state index in [2.05, 4.69) is 56.4 Å². The van der Waals surface area contributed by atoms with Crippen LogP contribution in [-0.4, -0.2) is 17.3 Å². The Hall–Kier alpha value is -0.630. The van der Waals surface area contributed by atoms with Gasteiger partial charge in [0.15, 0.2) is 0 Å². The maximum Gasteiger partial charge on any atom is 0.100 e. The van der Waals surface area contributed by atoms with Crippen LogP contribution in [0.2, 0.25) is 0 Å². The van der Waals surface area contributed by atoms with E-state index in [1.807, 2.05) is 11.8 Å². The summed E-state index contributed by atoms with van der Waals surface area (Å²) >= 11 is 1.91. The van der Waals surface area contributed by atoms with E-state index in [1.165, 1.54) is 11.3 Å². The topological polar surface area (TPSA) is 3.24 Å². The van der Waals surface area contributed by atoms with Gasteiger partial charge in [0.2, 0.25) is 0 Å². The molecule has 1 aliphatic rings. The molecule has 1 aliphatic heterocycles. The molecule has 84 valence electrons. The molecule has 0 saturated heterocycles. The lowest BCUT2D eigenvalue weighted by Crippen LogP contribution is -2.24. The van der Waals surface area contributed by atoms with E-state index in [1.54, 1.807) is 0 Å². The quantitative estimate of drug-likeness (QED) is 0.659. The minimum absolute atomic E-state index is 0.511. The van der Waals surface area contributed by atoms with Gasteiger partial charge in [-0.3, -0.25) is 0 Å². The predicted molar refractivity (Wildman–Crippen MR) is 70.7 cm³/mol. The summed E-state index contributed by atoms with van der Waals surface area (Å²) in [6.45, 7) is 6.56. The molecule has 0 amide bonds. The second-order valence-electron chi connectivity index (χ2n) is 3.79. The van der Waals surface area contributed by atoms with Crippen molar-refractivity contribution >= 4 is 11.8 Å². The van der Waals surface area contributed by atoms with Crippen LogP contribution in [-0.2, 0) is 0 Å². The van der Waals surface area contributed by atoms with Gasteiger partial charge in [-0.15, -0.1) is 11.8 Å². The third kappa shape index (κ3) is 3.16. The minimum atomic E-state index is 0.511. The number of hydrogen-bond acceptors (Lipinski definition) is 2. The van der Waals surface area contributed by atoms with E-state index in [4.69, 9.17) is 0 Å². The highest BCUT2D eigenvalue weighted by Gasteiger charge is 2.22. The van der Waals surface area contributed by atoms with Crippen LogP contribution in [0.3, 0.4) is 0 Å². The number of allylic oxidation sites excluding steroid dienone is 4. The van der Waals surface area contributed by atoms with Crippen molar-refractivity contribution in [2.75, 3.05) is 7.05 Å². The van der Waals surface area contributed by atoms with E-state index in [9.17, 15) is 0 Å². The Bertz CT molecular complexity index is 289. The van der Waals surface area contributed by atoms with Gasteiger partial charge in [0.25, 0.3) is 0 Å². The first-order chi connectivity index (χ1) is 7.20. The van der Waals surface area contributed by atoms with Crippen molar-refractivity contribution in [3.8, 4) is 0 Å². The van der Waals surface area contributed by atoms with Crippen LogP contribution in [0.1, 0.15) is 33.6 Å². The number of thioether (sulfide) groups is 1. The molecule has 0 aromatic rings. The fraction of sp³-hybridized carbons (Fsp3) is 0.538. The second-order valence-corrected chi connectivity index (χ2v) is 4.74. The Morgan fingerprint density at radius 1 is 1.53 bits per heavy atom.